The number of anilines is 2. The Labute approximate surface area is 126 Å². The van der Waals surface area contributed by atoms with Crippen LogP contribution >= 0.6 is 23.2 Å². The highest BCUT2D eigenvalue weighted by atomic mass is 35.5. The number of benzene rings is 2. The summed E-state index contributed by atoms with van der Waals surface area (Å²) in [6, 6.07) is 11.4. The van der Waals surface area contributed by atoms with Gasteiger partial charge in [-0.2, -0.15) is 0 Å². The van der Waals surface area contributed by atoms with Gasteiger partial charge in [-0.05, 0) is 30.3 Å². The molecule has 0 saturated carbocycles. The molecule has 0 aliphatic heterocycles. The summed E-state index contributed by atoms with van der Waals surface area (Å²) in [6.07, 6.45) is 5.36. The van der Waals surface area contributed by atoms with Crippen LogP contribution in [-0.4, -0.2) is 6.03 Å². The highest BCUT2D eigenvalue weighted by Crippen LogP contribution is 2.22. The number of urea groups is 1. The van der Waals surface area contributed by atoms with Gasteiger partial charge in [-0.15, -0.1) is 6.42 Å². The summed E-state index contributed by atoms with van der Waals surface area (Å²) in [4.78, 5) is 11.9. The number of nitrogens with one attached hydrogen (secondary N) is 2. The largest absolute Gasteiger partial charge is 0.323 e. The van der Waals surface area contributed by atoms with Crippen molar-refractivity contribution in [3.63, 3.8) is 0 Å². The Balaban J connectivity index is 2.11. The second kappa shape index (κ2) is 6.33. The van der Waals surface area contributed by atoms with Crippen molar-refractivity contribution in [3.05, 3.63) is 58.1 Å². The molecule has 20 heavy (non-hydrogen) atoms. The summed E-state index contributed by atoms with van der Waals surface area (Å²) < 4.78 is 0. The zero-order valence-corrected chi connectivity index (χ0v) is 11.8. The topological polar surface area (TPSA) is 41.1 Å². The van der Waals surface area contributed by atoms with Crippen molar-refractivity contribution in [1.29, 1.82) is 0 Å². The first kappa shape index (κ1) is 14.3. The Morgan fingerprint density at radius 1 is 1.05 bits per heavy atom. The van der Waals surface area contributed by atoms with Crippen molar-refractivity contribution in [2.45, 2.75) is 0 Å². The number of para-hydroxylation sites is 1. The van der Waals surface area contributed by atoms with Gasteiger partial charge in [-0.25, -0.2) is 4.79 Å². The van der Waals surface area contributed by atoms with E-state index in [1.807, 2.05) is 0 Å². The predicted molar refractivity (Wildman–Crippen MR) is 83.5 cm³/mol. The van der Waals surface area contributed by atoms with E-state index in [0.717, 1.165) is 0 Å². The molecule has 5 heteroatoms. The molecule has 0 aliphatic carbocycles. The van der Waals surface area contributed by atoms with Gasteiger partial charge in [0.1, 0.15) is 0 Å². The van der Waals surface area contributed by atoms with Crippen LogP contribution in [0.4, 0.5) is 16.2 Å². The zero-order valence-electron chi connectivity index (χ0n) is 10.3. The second-order valence-corrected chi connectivity index (χ2v) is 4.80. The fourth-order valence-electron chi connectivity index (χ4n) is 1.63. The summed E-state index contributed by atoms with van der Waals surface area (Å²) in [6.45, 7) is 0. The van der Waals surface area contributed by atoms with Crippen LogP contribution in [0.25, 0.3) is 0 Å². The highest BCUT2D eigenvalue weighted by Gasteiger charge is 2.06. The Morgan fingerprint density at radius 3 is 2.35 bits per heavy atom. The molecule has 3 nitrogen and oxygen atoms in total. The average molecular weight is 305 g/mol. The molecule has 0 fully saturated rings. The van der Waals surface area contributed by atoms with E-state index in [4.69, 9.17) is 29.6 Å². The molecule has 0 spiro atoms. The number of rotatable bonds is 2. The van der Waals surface area contributed by atoms with Crippen molar-refractivity contribution in [1.82, 2.24) is 0 Å². The van der Waals surface area contributed by atoms with Crippen molar-refractivity contribution >= 4 is 40.6 Å². The lowest BCUT2D eigenvalue weighted by molar-refractivity contribution is 0.262. The predicted octanol–water partition coefficient (Wildman–Crippen LogP) is 4.62. The van der Waals surface area contributed by atoms with Crippen molar-refractivity contribution < 1.29 is 4.79 Å². The van der Waals surface area contributed by atoms with E-state index in [9.17, 15) is 4.79 Å². The SMILES string of the molecule is C#Cc1ccccc1NC(=O)Nc1cc(Cl)cc(Cl)c1. The third-order valence-corrected chi connectivity index (χ3v) is 2.89. The van der Waals surface area contributed by atoms with Crippen LogP contribution < -0.4 is 10.6 Å². The Kier molecular flexibility index (Phi) is 4.52. The third kappa shape index (κ3) is 3.67. The number of terminal acetylenes is 1. The Bertz CT molecular complexity index is 672. The molecule has 100 valence electrons. The van der Waals surface area contributed by atoms with Crippen molar-refractivity contribution in [2.75, 3.05) is 10.6 Å². The lowest BCUT2D eigenvalue weighted by Crippen LogP contribution is -2.20. The van der Waals surface area contributed by atoms with E-state index in [1.165, 1.54) is 0 Å². The number of halogens is 2. The molecule has 0 heterocycles. The number of hydrogen-bond donors (Lipinski definition) is 2. The van der Waals surface area contributed by atoms with E-state index in [2.05, 4.69) is 16.6 Å². The first-order chi connectivity index (χ1) is 9.58. The van der Waals surface area contributed by atoms with Crippen LogP contribution in [0.3, 0.4) is 0 Å². The molecule has 2 aromatic rings. The number of hydrogen-bond acceptors (Lipinski definition) is 1. The molecule has 2 aromatic carbocycles. The van der Waals surface area contributed by atoms with E-state index >= 15 is 0 Å². The van der Waals surface area contributed by atoms with Crippen LogP contribution in [0.2, 0.25) is 10.0 Å². The quantitative estimate of drug-likeness (QED) is 0.781. The van der Waals surface area contributed by atoms with Gasteiger partial charge in [0.05, 0.1) is 5.69 Å². The molecule has 2 N–H and O–H groups in total. The normalized spacial score (nSPS) is 9.65. The van der Waals surface area contributed by atoms with Gasteiger partial charge in [0.25, 0.3) is 0 Å². The first-order valence-corrected chi connectivity index (χ1v) is 6.44. The summed E-state index contributed by atoms with van der Waals surface area (Å²) in [5.74, 6) is 2.50. The summed E-state index contributed by atoms with van der Waals surface area (Å²) in [7, 11) is 0. The molecule has 0 unspecified atom stereocenters. The molecule has 0 aliphatic rings. The van der Waals surface area contributed by atoms with E-state index < -0.39 is 6.03 Å². The van der Waals surface area contributed by atoms with Crippen LogP contribution in [0, 0.1) is 12.3 Å². The second-order valence-electron chi connectivity index (χ2n) is 3.93. The molecule has 0 atom stereocenters. The van der Waals surface area contributed by atoms with Crippen LogP contribution in [-0.2, 0) is 0 Å². The minimum absolute atomic E-state index is 0.425. The smallest absolute Gasteiger partial charge is 0.308 e. The maximum atomic E-state index is 11.9. The van der Waals surface area contributed by atoms with Gasteiger partial charge in [-0.1, -0.05) is 41.3 Å². The van der Waals surface area contributed by atoms with Gasteiger partial charge in [0.15, 0.2) is 0 Å². The minimum atomic E-state index is -0.425. The van der Waals surface area contributed by atoms with E-state index in [0.29, 0.717) is 27.0 Å². The highest BCUT2D eigenvalue weighted by molar-refractivity contribution is 6.35. The maximum Gasteiger partial charge on any atom is 0.323 e. The first-order valence-electron chi connectivity index (χ1n) is 5.68. The minimum Gasteiger partial charge on any atom is -0.308 e. The van der Waals surface area contributed by atoms with Crippen molar-refractivity contribution in [3.8, 4) is 12.3 Å². The summed E-state index contributed by atoms with van der Waals surface area (Å²) in [5, 5.41) is 6.19. The van der Waals surface area contributed by atoms with Crippen LogP contribution in [0.1, 0.15) is 5.56 Å². The number of carbonyl (C=O) groups excluding carboxylic acids is 1. The summed E-state index contributed by atoms with van der Waals surface area (Å²) in [5.41, 5.74) is 1.66. The molecule has 0 radical (unpaired) electrons. The lowest BCUT2D eigenvalue weighted by Gasteiger charge is -2.09. The van der Waals surface area contributed by atoms with Crippen LogP contribution in [0.15, 0.2) is 42.5 Å². The van der Waals surface area contributed by atoms with E-state index in [1.54, 1.807) is 42.5 Å². The molecule has 2 amide bonds. The molecule has 2 rings (SSSR count). The van der Waals surface area contributed by atoms with Crippen LogP contribution in [0.5, 0.6) is 0 Å². The average Bonchev–Trinajstić information content (AvgIpc) is 2.37. The molecular weight excluding hydrogens is 295 g/mol. The Morgan fingerprint density at radius 2 is 1.70 bits per heavy atom. The van der Waals surface area contributed by atoms with Gasteiger partial charge >= 0.3 is 6.03 Å². The fourth-order valence-corrected chi connectivity index (χ4v) is 2.15. The summed E-state index contributed by atoms with van der Waals surface area (Å²) >= 11 is 11.7. The fraction of sp³-hybridized carbons (Fsp3) is 0. The maximum absolute atomic E-state index is 11.9. The molecule has 0 saturated heterocycles. The monoisotopic (exact) mass is 304 g/mol. The molecule has 0 bridgehead atoms. The molecule has 0 aromatic heterocycles. The molecular formula is C15H10Cl2N2O. The van der Waals surface area contributed by atoms with Gasteiger partial charge in [-0.3, -0.25) is 0 Å². The van der Waals surface area contributed by atoms with Gasteiger partial charge < -0.3 is 10.6 Å². The lowest BCUT2D eigenvalue weighted by atomic mass is 10.2. The standard InChI is InChI=1S/C15H10Cl2N2O/c1-2-10-5-3-4-6-14(10)19-15(20)18-13-8-11(16)7-12(17)9-13/h1,3-9H,(H2,18,19,20). The number of amides is 2. The van der Waals surface area contributed by atoms with Gasteiger partial charge in [0.2, 0.25) is 0 Å². The number of carbonyl (C=O) groups is 1. The third-order valence-electron chi connectivity index (χ3n) is 2.45. The van der Waals surface area contributed by atoms with Gasteiger partial charge in [0, 0.05) is 21.3 Å². The Hall–Kier alpha value is -2.15. The van der Waals surface area contributed by atoms with E-state index in [-0.39, 0.29) is 0 Å². The zero-order chi connectivity index (χ0) is 14.5. The van der Waals surface area contributed by atoms with Crippen molar-refractivity contribution in [2.24, 2.45) is 0 Å².